The number of ether oxygens (including phenoxy) is 1. The van der Waals surface area contributed by atoms with Gasteiger partial charge in [0.2, 0.25) is 10.0 Å². The van der Waals surface area contributed by atoms with E-state index >= 15 is 0 Å². The number of aryl methyl sites for hydroxylation is 1. The van der Waals surface area contributed by atoms with Crippen molar-refractivity contribution in [1.29, 1.82) is 0 Å². The molecule has 2 aromatic rings. The van der Waals surface area contributed by atoms with E-state index in [0.717, 1.165) is 0 Å². The summed E-state index contributed by atoms with van der Waals surface area (Å²) >= 11 is 0. The maximum Gasteiger partial charge on any atom is 0.255 e. The second-order valence-corrected chi connectivity index (χ2v) is 8.23. The van der Waals surface area contributed by atoms with E-state index in [1.165, 1.54) is 6.07 Å². The smallest absolute Gasteiger partial charge is 0.255 e. The summed E-state index contributed by atoms with van der Waals surface area (Å²) < 4.78 is 32.8. The SMILES string of the molecule is Cc1cc(S(=O)(=O)NCCCOC(C)C)ccc1NC(=O)c1ccccc1. The van der Waals surface area contributed by atoms with E-state index in [9.17, 15) is 13.2 Å². The number of amides is 1. The molecule has 0 heterocycles. The van der Waals surface area contributed by atoms with Crippen molar-refractivity contribution in [3.63, 3.8) is 0 Å². The zero-order valence-electron chi connectivity index (χ0n) is 15.9. The van der Waals surface area contributed by atoms with E-state index in [0.29, 0.717) is 36.4 Å². The first-order valence-corrected chi connectivity index (χ1v) is 10.4. The molecule has 0 aromatic heterocycles. The summed E-state index contributed by atoms with van der Waals surface area (Å²) in [6.07, 6.45) is 0.727. The molecule has 2 aromatic carbocycles. The van der Waals surface area contributed by atoms with Crippen LogP contribution in [-0.4, -0.2) is 33.6 Å². The van der Waals surface area contributed by atoms with Gasteiger partial charge >= 0.3 is 0 Å². The first kappa shape index (κ1) is 21.1. The summed E-state index contributed by atoms with van der Waals surface area (Å²) in [6.45, 7) is 6.44. The minimum atomic E-state index is -3.60. The number of carbonyl (C=O) groups excluding carboxylic acids is 1. The lowest BCUT2D eigenvalue weighted by molar-refractivity contribution is 0.0778. The van der Waals surface area contributed by atoms with Gasteiger partial charge in [-0.1, -0.05) is 18.2 Å². The van der Waals surface area contributed by atoms with Crippen LogP contribution in [0.3, 0.4) is 0 Å². The lowest BCUT2D eigenvalue weighted by Gasteiger charge is -2.12. The van der Waals surface area contributed by atoms with Gasteiger partial charge in [-0.3, -0.25) is 4.79 Å². The molecule has 2 N–H and O–H groups in total. The Balaban J connectivity index is 1.99. The number of sulfonamides is 1. The van der Waals surface area contributed by atoms with Crippen LogP contribution in [0.2, 0.25) is 0 Å². The van der Waals surface area contributed by atoms with E-state index in [4.69, 9.17) is 4.74 Å². The molecule has 0 fully saturated rings. The van der Waals surface area contributed by atoms with Gasteiger partial charge in [0.05, 0.1) is 11.0 Å². The summed E-state index contributed by atoms with van der Waals surface area (Å²) in [5, 5.41) is 2.80. The second-order valence-electron chi connectivity index (χ2n) is 6.47. The number of benzene rings is 2. The van der Waals surface area contributed by atoms with Crippen molar-refractivity contribution in [3.8, 4) is 0 Å². The molecule has 0 spiro atoms. The molecule has 1 amide bonds. The average molecular weight is 391 g/mol. The molecule has 27 heavy (non-hydrogen) atoms. The fraction of sp³-hybridized carbons (Fsp3) is 0.350. The molecule has 0 atom stereocenters. The third-order valence-corrected chi connectivity index (χ3v) is 5.32. The van der Waals surface area contributed by atoms with Crippen LogP contribution in [0.1, 0.15) is 36.2 Å². The zero-order valence-corrected chi connectivity index (χ0v) is 16.7. The number of nitrogens with one attached hydrogen (secondary N) is 2. The van der Waals surface area contributed by atoms with Gasteiger partial charge in [0.15, 0.2) is 0 Å². The van der Waals surface area contributed by atoms with Crippen molar-refractivity contribution in [3.05, 3.63) is 59.7 Å². The fourth-order valence-corrected chi connectivity index (χ4v) is 3.57. The Morgan fingerprint density at radius 1 is 1.11 bits per heavy atom. The quantitative estimate of drug-likeness (QED) is 0.643. The number of hydrogen-bond donors (Lipinski definition) is 2. The van der Waals surface area contributed by atoms with E-state index < -0.39 is 10.0 Å². The third-order valence-electron chi connectivity index (χ3n) is 3.86. The Hall–Kier alpha value is -2.22. The number of rotatable bonds is 9. The monoisotopic (exact) mass is 390 g/mol. The van der Waals surface area contributed by atoms with Crippen LogP contribution in [0.15, 0.2) is 53.4 Å². The van der Waals surface area contributed by atoms with Crippen LogP contribution in [0.4, 0.5) is 5.69 Å². The van der Waals surface area contributed by atoms with E-state index in [-0.39, 0.29) is 16.9 Å². The largest absolute Gasteiger partial charge is 0.379 e. The van der Waals surface area contributed by atoms with Gasteiger partial charge < -0.3 is 10.1 Å². The lowest BCUT2D eigenvalue weighted by atomic mass is 10.1. The third kappa shape index (κ3) is 6.46. The van der Waals surface area contributed by atoms with Crippen molar-refractivity contribution in [2.24, 2.45) is 0 Å². The highest BCUT2D eigenvalue weighted by molar-refractivity contribution is 7.89. The summed E-state index contributed by atoms with van der Waals surface area (Å²) in [6, 6.07) is 13.5. The van der Waals surface area contributed by atoms with Crippen molar-refractivity contribution < 1.29 is 17.9 Å². The summed E-state index contributed by atoms with van der Waals surface area (Å²) in [7, 11) is -3.60. The number of carbonyl (C=O) groups is 1. The van der Waals surface area contributed by atoms with Gasteiger partial charge in [0.1, 0.15) is 0 Å². The molecular formula is C20H26N2O4S. The normalized spacial score (nSPS) is 11.6. The molecule has 0 aliphatic rings. The van der Waals surface area contributed by atoms with Crippen molar-refractivity contribution in [1.82, 2.24) is 4.72 Å². The Bertz CT molecular complexity index is 865. The predicted octanol–water partition coefficient (Wildman–Crippen LogP) is 3.34. The molecule has 2 rings (SSSR count). The van der Waals surface area contributed by atoms with Gasteiger partial charge in [-0.25, -0.2) is 13.1 Å². The Kier molecular flexibility index (Phi) is 7.53. The Morgan fingerprint density at radius 2 is 1.81 bits per heavy atom. The highest BCUT2D eigenvalue weighted by atomic mass is 32.2. The molecule has 0 aliphatic carbocycles. The Morgan fingerprint density at radius 3 is 2.44 bits per heavy atom. The molecular weight excluding hydrogens is 364 g/mol. The molecule has 0 saturated heterocycles. The summed E-state index contributed by atoms with van der Waals surface area (Å²) in [5.41, 5.74) is 1.79. The molecule has 6 nitrogen and oxygen atoms in total. The van der Waals surface area contributed by atoms with Crippen LogP contribution in [0.25, 0.3) is 0 Å². The van der Waals surface area contributed by atoms with Crippen LogP contribution >= 0.6 is 0 Å². The van der Waals surface area contributed by atoms with Crippen LogP contribution in [0.5, 0.6) is 0 Å². The predicted molar refractivity (Wildman–Crippen MR) is 106 cm³/mol. The van der Waals surface area contributed by atoms with Crippen LogP contribution < -0.4 is 10.0 Å². The molecule has 0 radical (unpaired) electrons. The molecule has 146 valence electrons. The molecule has 0 aliphatic heterocycles. The molecule has 7 heteroatoms. The van der Waals surface area contributed by atoms with Gasteiger partial charge in [0.25, 0.3) is 5.91 Å². The van der Waals surface area contributed by atoms with Crippen molar-refractivity contribution in [2.75, 3.05) is 18.5 Å². The van der Waals surface area contributed by atoms with Crippen LogP contribution in [-0.2, 0) is 14.8 Å². The minimum Gasteiger partial charge on any atom is -0.379 e. The topological polar surface area (TPSA) is 84.5 Å². The van der Waals surface area contributed by atoms with Gasteiger partial charge in [0, 0.05) is 24.4 Å². The van der Waals surface area contributed by atoms with E-state index in [1.807, 2.05) is 19.9 Å². The fourth-order valence-electron chi connectivity index (χ4n) is 2.41. The van der Waals surface area contributed by atoms with Crippen molar-refractivity contribution >= 4 is 21.6 Å². The second kappa shape index (κ2) is 9.64. The van der Waals surface area contributed by atoms with Gasteiger partial charge in [-0.2, -0.15) is 0 Å². The maximum atomic E-state index is 12.4. The average Bonchev–Trinajstić information content (AvgIpc) is 2.63. The standard InChI is InChI=1S/C20H26N2O4S/c1-15(2)26-13-7-12-21-27(24,25)18-10-11-19(16(3)14-18)22-20(23)17-8-5-4-6-9-17/h4-6,8-11,14-15,21H,7,12-13H2,1-3H3,(H,22,23). The highest BCUT2D eigenvalue weighted by Crippen LogP contribution is 2.20. The van der Waals surface area contributed by atoms with Gasteiger partial charge in [-0.05, 0) is 63.1 Å². The van der Waals surface area contributed by atoms with Crippen molar-refractivity contribution in [2.45, 2.75) is 38.2 Å². The minimum absolute atomic E-state index is 0.128. The summed E-state index contributed by atoms with van der Waals surface area (Å²) in [5.74, 6) is -0.238. The zero-order chi connectivity index (χ0) is 19.9. The van der Waals surface area contributed by atoms with E-state index in [2.05, 4.69) is 10.0 Å². The molecule has 0 unspecified atom stereocenters. The molecule has 0 bridgehead atoms. The molecule has 0 saturated carbocycles. The summed E-state index contributed by atoms with van der Waals surface area (Å²) in [4.78, 5) is 12.4. The van der Waals surface area contributed by atoms with E-state index in [1.54, 1.807) is 43.3 Å². The maximum absolute atomic E-state index is 12.4. The van der Waals surface area contributed by atoms with Gasteiger partial charge in [-0.15, -0.1) is 0 Å². The van der Waals surface area contributed by atoms with Crippen LogP contribution in [0, 0.1) is 6.92 Å². The lowest BCUT2D eigenvalue weighted by Crippen LogP contribution is -2.26. The number of anilines is 1. The number of hydrogen-bond acceptors (Lipinski definition) is 4. The highest BCUT2D eigenvalue weighted by Gasteiger charge is 2.15. The first-order chi connectivity index (χ1) is 12.8. The first-order valence-electron chi connectivity index (χ1n) is 8.88. The Labute approximate surface area is 161 Å².